The Labute approximate surface area is 171 Å². The van der Waals surface area contributed by atoms with Crippen LogP contribution in [0.25, 0.3) is 22.4 Å². The number of nitrogens with zero attached hydrogens (tertiary/aromatic N) is 2. The topological polar surface area (TPSA) is 105 Å². The number of hydrogen-bond acceptors (Lipinski definition) is 4. The van der Waals surface area contributed by atoms with Gasteiger partial charge in [-0.15, -0.1) is 0 Å². The van der Waals surface area contributed by atoms with Crippen molar-refractivity contribution in [3.8, 4) is 22.4 Å². The van der Waals surface area contributed by atoms with Crippen LogP contribution in [0.15, 0.2) is 66.9 Å². The number of aromatic nitrogens is 1. The van der Waals surface area contributed by atoms with Gasteiger partial charge in [-0.2, -0.15) is 0 Å². The minimum absolute atomic E-state index is 0.0870. The van der Waals surface area contributed by atoms with Crippen molar-refractivity contribution in [1.29, 1.82) is 0 Å². The van der Waals surface area contributed by atoms with Crippen LogP contribution in [-0.4, -0.2) is 27.3 Å². The van der Waals surface area contributed by atoms with Gasteiger partial charge in [0.15, 0.2) is 0 Å². The molecule has 2 N–H and O–H groups in total. The highest BCUT2D eigenvalue weighted by atomic mass is 19.1. The molecule has 1 saturated carbocycles. The number of carboxylic acid groups (broad SMARTS) is 1. The lowest BCUT2D eigenvalue weighted by Crippen LogP contribution is -2.55. The molecule has 0 aliphatic heterocycles. The molecule has 1 heterocycles. The fraction of sp³-hybridized carbons (Fsp3) is 0.182. The molecule has 0 spiro atoms. The molecule has 3 aromatic rings. The number of benzene rings is 2. The summed E-state index contributed by atoms with van der Waals surface area (Å²) in [7, 11) is 0. The van der Waals surface area contributed by atoms with Crippen LogP contribution >= 0.6 is 0 Å². The summed E-state index contributed by atoms with van der Waals surface area (Å²) in [6, 6.07) is 17.7. The first kappa shape index (κ1) is 19.5. The van der Waals surface area contributed by atoms with Gasteiger partial charge in [-0.05, 0) is 11.1 Å². The summed E-state index contributed by atoms with van der Waals surface area (Å²) in [4.78, 5) is 26.2. The van der Waals surface area contributed by atoms with E-state index < -0.39 is 22.7 Å². The van der Waals surface area contributed by atoms with E-state index in [0.717, 1.165) is 5.56 Å². The van der Waals surface area contributed by atoms with E-state index in [9.17, 15) is 19.3 Å². The molecule has 4 rings (SSSR count). The van der Waals surface area contributed by atoms with Crippen molar-refractivity contribution in [2.24, 2.45) is 0 Å². The molecule has 1 aromatic heterocycles. The Hall–Kier alpha value is -3.81. The Kier molecular flexibility index (Phi) is 4.91. The Bertz CT molecular complexity index is 1100. The summed E-state index contributed by atoms with van der Waals surface area (Å²) in [6.07, 6.45) is -0.858. The molecule has 30 heavy (non-hydrogen) atoms. The Balaban J connectivity index is 1.74. The maximum atomic E-state index is 13.5. The lowest BCUT2D eigenvalue weighted by atomic mass is 9.70. The normalized spacial score (nSPS) is 20.2. The van der Waals surface area contributed by atoms with E-state index in [-0.39, 0.29) is 18.5 Å². The minimum atomic E-state index is -1.20. The number of amides is 1. The van der Waals surface area contributed by atoms with Gasteiger partial charge in [0.05, 0.1) is 16.2 Å². The zero-order chi connectivity index (χ0) is 21.3. The van der Waals surface area contributed by atoms with Crippen LogP contribution in [-0.2, 0) is 5.54 Å². The number of halogens is 1. The molecule has 0 bridgehead atoms. The van der Waals surface area contributed by atoms with E-state index in [0.29, 0.717) is 22.4 Å². The van der Waals surface area contributed by atoms with Gasteiger partial charge in [0.1, 0.15) is 12.4 Å². The molecule has 0 unspecified atom stereocenters. The first-order chi connectivity index (χ1) is 14.4. The van der Waals surface area contributed by atoms with Gasteiger partial charge >= 0.3 is 6.09 Å². The predicted molar refractivity (Wildman–Crippen MR) is 109 cm³/mol. The number of hydrogen-bond donors (Lipinski definition) is 2. The number of alkyl halides is 1. The first-order valence-corrected chi connectivity index (χ1v) is 9.34. The highest BCUT2D eigenvalue weighted by molar-refractivity contribution is 5.82. The predicted octanol–water partition coefficient (Wildman–Crippen LogP) is 4.92. The Morgan fingerprint density at radius 3 is 2.37 bits per heavy atom. The van der Waals surface area contributed by atoms with Crippen LogP contribution in [0.3, 0.4) is 0 Å². The van der Waals surface area contributed by atoms with Gasteiger partial charge in [0, 0.05) is 30.0 Å². The minimum Gasteiger partial charge on any atom is -0.465 e. The van der Waals surface area contributed by atoms with Crippen molar-refractivity contribution in [3.05, 3.63) is 82.5 Å². The van der Waals surface area contributed by atoms with E-state index in [4.69, 9.17) is 5.11 Å². The largest absolute Gasteiger partial charge is 0.465 e. The summed E-state index contributed by atoms with van der Waals surface area (Å²) in [6.45, 7) is 0. The van der Waals surface area contributed by atoms with Crippen molar-refractivity contribution in [1.82, 2.24) is 10.3 Å². The van der Waals surface area contributed by atoms with Gasteiger partial charge in [0.2, 0.25) is 0 Å². The fourth-order valence-corrected chi connectivity index (χ4v) is 3.88. The maximum Gasteiger partial charge on any atom is 0.405 e. The standard InChI is InChI=1S/C22H18FN3O4/c23-17-11-22(12-17,25-21(27)28)16-8-6-15(7-9-16)20-19(14-4-2-1-3-5-14)10-18(13-24-20)26(29)30/h1-10,13,17,25H,11-12H2,(H,27,28). The highest BCUT2D eigenvalue weighted by Crippen LogP contribution is 2.44. The molecule has 152 valence electrons. The number of carbonyl (C=O) groups is 1. The van der Waals surface area contributed by atoms with E-state index in [1.165, 1.54) is 12.3 Å². The van der Waals surface area contributed by atoms with Gasteiger partial charge in [-0.25, -0.2) is 14.2 Å². The summed E-state index contributed by atoms with van der Waals surface area (Å²) in [5.41, 5.74) is 2.31. The Morgan fingerprint density at radius 1 is 1.13 bits per heavy atom. The molecule has 1 aliphatic carbocycles. The molecule has 1 amide bonds. The molecule has 1 aliphatic rings. The van der Waals surface area contributed by atoms with E-state index >= 15 is 0 Å². The lowest BCUT2D eigenvalue weighted by Gasteiger charge is -2.44. The molecular weight excluding hydrogens is 389 g/mol. The molecule has 0 atom stereocenters. The number of nitro groups is 1. The molecule has 2 aromatic carbocycles. The molecule has 8 heteroatoms. The molecule has 0 saturated heterocycles. The second-order valence-corrected chi connectivity index (χ2v) is 7.31. The van der Waals surface area contributed by atoms with Gasteiger partial charge in [0.25, 0.3) is 5.69 Å². The summed E-state index contributed by atoms with van der Waals surface area (Å²) >= 11 is 0. The van der Waals surface area contributed by atoms with Crippen LogP contribution in [0.1, 0.15) is 18.4 Å². The molecule has 7 nitrogen and oxygen atoms in total. The highest BCUT2D eigenvalue weighted by Gasteiger charge is 2.47. The summed E-state index contributed by atoms with van der Waals surface area (Å²) < 4.78 is 13.5. The van der Waals surface area contributed by atoms with Crippen molar-refractivity contribution in [2.45, 2.75) is 24.6 Å². The fourth-order valence-electron chi connectivity index (χ4n) is 3.88. The van der Waals surface area contributed by atoms with Crippen LogP contribution in [0.4, 0.5) is 14.9 Å². The first-order valence-electron chi connectivity index (χ1n) is 9.34. The number of pyridine rings is 1. The van der Waals surface area contributed by atoms with Crippen LogP contribution in [0.2, 0.25) is 0 Å². The SMILES string of the molecule is O=C(O)NC1(c2ccc(-c3ncc([N+](=O)[O-])cc3-c3ccccc3)cc2)CC(F)C1. The van der Waals surface area contributed by atoms with E-state index in [1.54, 1.807) is 24.3 Å². The van der Waals surface area contributed by atoms with Gasteiger partial charge < -0.3 is 10.4 Å². The molecule has 1 fully saturated rings. The Morgan fingerprint density at radius 2 is 1.80 bits per heavy atom. The van der Waals surface area contributed by atoms with Gasteiger partial charge in [-0.1, -0.05) is 54.6 Å². The quantitative estimate of drug-likeness (QED) is 0.461. The maximum absolute atomic E-state index is 13.5. The summed E-state index contributed by atoms with van der Waals surface area (Å²) in [5, 5.41) is 22.8. The molecule has 0 radical (unpaired) electrons. The molecular formula is C22H18FN3O4. The third-order valence-corrected chi connectivity index (χ3v) is 5.37. The second kappa shape index (κ2) is 7.55. The second-order valence-electron chi connectivity index (χ2n) is 7.31. The monoisotopic (exact) mass is 407 g/mol. The van der Waals surface area contributed by atoms with Crippen LogP contribution in [0, 0.1) is 10.1 Å². The van der Waals surface area contributed by atoms with Crippen molar-refractivity contribution in [3.63, 3.8) is 0 Å². The zero-order valence-electron chi connectivity index (χ0n) is 15.8. The smallest absolute Gasteiger partial charge is 0.405 e. The summed E-state index contributed by atoms with van der Waals surface area (Å²) in [5.74, 6) is 0. The third kappa shape index (κ3) is 3.59. The van der Waals surface area contributed by atoms with Crippen LogP contribution < -0.4 is 5.32 Å². The number of nitrogens with one attached hydrogen (secondary N) is 1. The van der Waals surface area contributed by atoms with Crippen molar-refractivity contribution < 1.29 is 19.2 Å². The van der Waals surface area contributed by atoms with Crippen molar-refractivity contribution in [2.75, 3.05) is 0 Å². The van der Waals surface area contributed by atoms with Gasteiger partial charge in [-0.3, -0.25) is 10.1 Å². The van der Waals surface area contributed by atoms with Crippen molar-refractivity contribution >= 4 is 11.8 Å². The zero-order valence-corrected chi connectivity index (χ0v) is 15.8. The average molecular weight is 407 g/mol. The lowest BCUT2D eigenvalue weighted by molar-refractivity contribution is -0.385. The average Bonchev–Trinajstić information content (AvgIpc) is 2.72. The van der Waals surface area contributed by atoms with Crippen LogP contribution in [0.5, 0.6) is 0 Å². The third-order valence-electron chi connectivity index (χ3n) is 5.37. The van der Waals surface area contributed by atoms with E-state index in [2.05, 4.69) is 10.3 Å². The van der Waals surface area contributed by atoms with E-state index in [1.807, 2.05) is 30.3 Å². The number of rotatable bonds is 5.